The van der Waals surface area contributed by atoms with Crippen LogP contribution in [0.3, 0.4) is 0 Å². The Morgan fingerprint density at radius 1 is 1.08 bits per heavy atom. The number of hydrazone groups is 1. The van der Waals surface area contributed by atoms with Crippen LogP contribution < -0.4 is 20.4 Å². The van der Waals surface area contributed by atoms with Crippen molar-refractivity contribution in [2.75, 3.05) is 36.8 Å². The first-order valence-electron chi connectivity index (χ1n) is 10.9. The second kappa shape index (κ2) is 12.3. The van der Waals surface area contributed by atoms with Crippen molar-refractivity contribution in [1.29, 1.82) is 0 Å². The van der Waals surface area contributed by atoms with E-state index in [1.807, 2.05) is 44.4 Å². The van der Waals surface area contributed by atoms with E-state index in [1.165, 1.54) is 19.4 Å². The van der Waals surface area contributed by atoms with E-state index < -0.39 is 4.92 Å². The molecule has 2 N–H and O–H groups in total. The molecule has 13 heteroatoms. The summed E-state index contributed by atoms with van der Waals surface area (Å²) >= 11 is 0. The molecule has 4 aromatic rings. The van der Waals surface area contributed by atoms with Gasteiger partial charge in [0, 0.05) is 20.6 Å². The van der Waals surface area contributed by atoms with E-state index in [-0.39, 0.29) is 24.0 Å². The summed E-state index contributed by atoms with van der Waals surface area (Å²) in [6.45, 7) is 0.549. The first kappa shape index (κ1) is 26.9. The van der Waals surface area contributed by atoms with E-state index in [0.717, 1.165) is 5.56 Å². The normalized spacial score (nSPS) is 10.6. The van der Waals surface area contributed by atoms with Crippen LogP contribution in [0.2, 0.25) is 0 Å². The maximum Gasteiger partial charge on any atom is 0.284 e. The van der Waals surface area contributed by atoms with Crippen LogP contribution in [0.5, 0.6) is 5.75 Å². The van der Waals surface area contributed by atoms with Crippen molar-refractivity contribution in [3.63, 3.8) is 0 Å². The Kier molecular flexibility index (Phi) is 8.95. The Bertz CT molecular complexity index is 1380. The van der Waals surface area contributed by atoms with Crippen LogP contribution in [0, 0.1) is 10.1 Å². The Hall–Kier alpha value is -4.71. The van der Waals surface area contributed by atoms with Gasteiger partial charge >= 0.3 is 0 Å². The van der Waals surface area contributed by atoms with E-state index in [0.29, 0.717) is 41.3 Å². The molecule has 4 rings (SSSR count). The number of nitro benzene ring substituents is 1. The number of aromatic nitrogens is 3. The van der Waals surface area contributed by atoms with Crippen LogP contribution in [-0.2, 0) is 6.54 Å². The highest BCUT2D eigenvalue weighted by Gasteiger charge is 2.19. The summed E-state index contributed by atoms with van der Waals surface area (Å²) in [6, 6.07) is 17.7. The zero-order valence-corrected chi connectivity index (χ0v) is 21.1. The molecule has 0 radical (unpaired) electrons. The number of nitrogens with zero attached hydrogens (tertiary/aromatic N) is 6. The molecule has 0 aliphatic heterocycles. The Labute approximate surface area is 219 Å². The smallest absolute Gasteiger partial charge is 0.284 e. The minimum absolute atomic E-state index is 0. The van der Waals surface area contributed by atoms with Gasteiger partial charge in [-0.25, -0.2) is 5.43 Å². The van der Waals surface area contributed by atoms with Crippen molar-refractivity contribution in [3.8, 4) is 17.1 Å². The summed E-state index contributed by atoms with van der Waals surface area (Å²) in [7, 11) is 5.10. The second-order valence-corrected chi connectivity index (χ2v) is 7.73. The van der Waals surface area contributed by atoms with Gasteiger partial charge in [-0.1, -0.05) is 30.3 Å². The van der Waals surface area contributed by atoms with Gasteiger partial charge < -0.3 is 19.4 Å². The number of hydrogen-bond acceptors (Lipinski definition) is 11. The van der Waals surface area contributed by atoms with Gasteiger partial charge in [0.1, 0.15) is 17.3 Å². The molecule has 0 aliphatic rings. The third kappa shape index (κ3) is 6.92. The molecule has 192 valence electrons. The summed E-state index contributed by atoms with van der Waals surface area (Å²) < 4.78 is 10.8. The number of benzene rings is 2. The molecule has 0 fully saturated rings. The van der Waals surface area contributed by atoms with Crippen LogP contribution in [-0.4, -0.2) is 47.3 Å². The van der Waals surface area contributed by atoms with Gasteiger partial charge in [-0.3, -0.25) is 10.1 Å². The van der Waals surface area contributed by atoms with Gasteiger partial charge in [-0.2, -0.15) is 20.1 Å². The predicted octanol–water partition coefficient (Wildman–Crippen LogP) is 4.59. The number of hydrogen-bond donors (Lipinski definition) is 2. The van der Waals surface area contributed by atoms with Crippen LogP contribution in [0.4, 0.5) is 23.5 Å². The van der Waals surface area contributed by atoms with E-state index >= 15 is 0 Å². The first-order chi connectivity index (χ1) is 17.4. The average Bonchev–Trinajstić information content (AvgIpc) is 3.36. The fraction of sp³-hybridized carbons (Fsp3) is 0.167. The summed E-state index contributed by atoms with van der Waals surface area (Å²) in [4.78, 5) is 25.8. The van der Waals surface area contributed by atoms with Crippen molar-refractivity contribution in [2.24, 2.45) is 5.10 Å². The van der Waals surface area contributed by atoms with Gasteiger partial charge in [0.2, 0.25) is 17.8 Å². The molecule has 37 heavy (non-hydrogen) atoms. The minimum Gasteiger partial charge on any atom is -0.497 e. The largest absolute Gasteiger partial charge is 0.497 e. The predicted molar refractivity (Wildman–Crippen MR) is 144 cm³/mol. The molecule has 0 saturated carbocycles. The lowest BCUT2D eigenvalue weighted by atomic mass is 10.1. The fourth-order valence-corrected chi connectivity index (χ4v) is 3.19. The van der Waals surface area contributed by atoms with Crippen LogP contribution in [0.25, 0.3) is 11.3 Å². The van der Waals surface area contributed by atoms with E-state index in [1.54, 1.807) is 29.2 Å². The number of nitro groups is 1. The lowest BCUT2D eigenvalue weighted by Crippen LogP contribution is -2.16. The molecule has 2 aromatic carbocycles. The average molecular weight is 525 g/mol. The molecule has 2 aromatic heterocycles. The van der Waals surface area contributed by atoms with E-state index in [9.17, 15) is 10.1 Å². The Morgan fingerprint density at radius 2 is 1.84 bits per heavy atom. The molecular formula is C24H25ClN8O4. The molecular weight excluding hydrogens is 500 g/mol. The number of methoxy groups -OCH3 is 1. The van der Waals surface area contributed by atoms with E-state index in [2.05, 4.69) is 30.8 Å². The Balaban J connectivity index is 0.00000380. The highest BCUT2D eigenvalue weighted by Crippen LogP contribution is 2.33. The van der Waals surface area contributed by atoms with E-state index in [4.69, 9.17) is 9.15 Å². The molecule has 0 saturated heterocycles. The highest BCUT2D eigenvalue weighted by molar-refractivity contribution is 5.85. The molecule has 2 heterocycles. The minimum atomic E-state index is -0.484. The van der Waals surface area contributed by atoms with Crippen LogP contribution in [0.15, 0.2) is 70.2 Å². The highest BCUT2D eigenvalue weighted by atomic mass is 35.5. The summed E-state index contributed by atoms with van der Waals surface area (Å²) in [5.74, 6) is 2.17. The maximum atomic E-state index is 11.5. The first-order valence-corrected chi connectivity index (χ1v) is 10.9. The van der Waals surface area contributed by atoms with Crippen LogP contribution in [0.1, 0.15) is 11.3 Å². The molecule has 0 aliphatic carbocycles. The van der Waals surface area contributed by atoms with Gasteiger partial charge in [-0.05, 0) is 29.8 Å². The van der Waals surface area contributed by atoms with Crippen molar-refractivity contribution in [1.82, 2.24) is 15.0 Å². The molecule has 0 unspecified atom stereocenters. The number of rotatable bonds is 10. The monoisotopic (exact) mass is 524 g/mol. The standard InChI is InChI=1S/C24H24N8O4.ClH/c1-31(2)24-28-22(25-14-16-7-5-4-6-8-16)27-23(29-24)30-26-15-18-10-12-21(36-18)19-11-9-17(35-3)13-20(19)32(33)34;/h4-13,15H,14H2,1-3H3,(H2,25,27,28,29,30);1H. The summed E-state index contributed by atoms with van der Waals surface area (Å²) in [6.07, 6.45) is 1.43. The fourth-order valence-electron chi connectivity index (χ4n) is 3.19. The quantitative estimate of drug-likeness (QED) is 0.171. The number of halogens is 1. The SMILES string of the molecule is COc1ccc(-c2ccc(C=NNc3nc(NCc4ccccc4)nc(N(C)C)n3)o2)c([N+](=O)[O-])c1.Cl. The number of furan rings is 1. The molecule has 0 amide bonds. The zero-order valence-electron chi connectivity index (χ0n) is 20.3. The van der Waals surface area contributed by atoms with Crippen molar-refractivity contribution in [3.05, 3.63) is 82.1 Å². The lowest BCUT2D eigenvalue weighted by molar-refractivity contribution is -0.384. The third-order valence-electron chi connectivity index (χ3n) is 4.97. The summed E-state index contributed by atoms with van der Waals surface area (Å²) in [5.41, 5.74) is 4.07. The van der Waals surface area contributed by atoms with Gasteiger partial charge in [0.15, 0.2) is 0 Å². The van der Waals surface area contributed by atoms with Crippen LogP contribution >= 0.6 is 12.4 Å². The topological polar surface area (TPSA) is 144 Å². The van der Waals surface area contributed by atoms with Gasteiger partial charge in [0.05, 0.1) is 29.9 Å². The zero-order chi connectivity index (χ0) is 25.5. The number of ether oxygens (including phenoxy) is 1. The second-order valence-electron chi connectivity index (χ2n) is 7.73. The maximum absolute atomic E-state index is 11.5. The lowest BCUT2D eigenvalue weighted by Gasteiger charge is -2.13. The molecule has 0 atom stereocenters. The van der Waals surface area contributed by atoms with Crippen molar-refractivity contribution < 1.29 is 14.1 Å². The molecule has 0 bridgehead atoms. The molecule has 12 nitrogen and oxygen atoms in total. The number of anilines is 3. The summed E-state index contributed by atoms with van der Waals surface area (Å²) in [5, 5.41) is 18.8. The van der Waals surface area contributed by atoms with Crippen molar-refractivity contribution >= 4 is 42.2 Å². The number of nitrogens with one attached hydrogen (secondary N) is 2. The Morgan fingerprint density at radius 3 is 2.54 bits per heavy atom. The molecule has 0 spiro atoms. The van der Waals surface area contributed by atoms with Gasteiger partial charge in [0.25, 0.3) is 5.69 Å². The third-order valence-corrected chi connectivity index (χ3v) is 4.97. The van der Waals surface area contributed by atoms with Crippen molar-refractivity contribution in [2.45, 2.75) is 6.54 Å². The van der Waals surface area contributed by atoms with Gasteiger partial charge in [-0.15, -0.1) is 12.4 Å².